The highest BCUT2D eigenvalue weighted by Gasteiger charge is 2.54. The predicted molar refractivity (Wildman–Crippen MR) is 253 cm³/mol. The number of anilines is 6. The predicted octanol–water partition coefficient (Wildman–Crippen LogP) is 16.7. The molecule has 1 aliphatic carbocycles. The molecule has 0 atom stereocenters. The van der Waals surface area contributed by atoms with Crippen LogP contribution in [0.3, 0.4) is 0 Å². The molecule has 5 heteroatoms. The van der Waals surface area contributed by atoms with Crippen molar-refractivity contribution in [2.45, 2.75) is 58.8 Å². The smallest absolute Gasteiger partial charge is 0.0771 e. The Kier molecular flexibility index (Phi) is 8.17. The summed E-state index contributed by atoms with van der Waals surface area (Å²) >= 11 is 5.71. The molecule has 0 saturated heterocycles. The van der Waals surface area contributed by atoms with E-state index in [0.29, 0.717) is 11.8 Å². The summed E-state index contributed by atoms with van der Waals surface area (Å²) in [6.45, 7) is 13.6. The van der Waals surface area contributed by atoms with Gasteiger partial charge in [0.05, 0.1) is 21.5 Å². The van der Waals surface area contributed by atoms with E-state index in [9.17, 15) is 0 Å². The van der Waals surface area contributed by atoms with Crippen molar-refractivity contribution in [1.82, 2.24) is 0 Å². The Bertz CT molecular complexity index is 2960. The molecule has 284 valence electrons. The molecule has 1 spiro atoms. The fourth-order valence-corrected chi connectivity index (χ4v) is 13.2. The van der Waals surface area contributed by atoms with E-state index in [1.807, 2.05) is 34.0 Å². The van der Waals surface area contributed by atoms with Crippen molar-refractivity contribution in [3.63, 3.8) is 0 Å². The van der Waals surface area contributed by atoms with E-state index in [1.165, 1.54) is 85.8 Å². The van der Waals surface area contributed by atoms with Crippen LogP contribution >= 0.6 is 34.0 Å². The largest absolute Gasteiger partial charge is 0.310 e. The highest BCUT2D eigenvalue weighted by atomic mass is 32.1. The van der Waals surface area contributed by atoms with Crippen molar-refractivity contribution < 1.29 is 0 Å². The van der Waals surface area contributed by atoms with Crippen LogP contribution in [0, 0.1) is 13.8 Å². The molecule has 11 rings (SSSR count). The molecule has 9 aromatic rings. The van der Waals surface area contributed by atoms with E-state index >= 15 is 0 Å². The molecule has 0 radical (unpaired) electrons. The summed E-state index contributed by atoms with van der Waals surface area (Å²) < 4.78 is 2.65. The summed E-state index contributed by atoms with van der Waals surface area (Å²) in [6, 6.07) is 51.1. The van der Waals surface area contributed by atoms with Gasteiger partial charge in [-0.05, 0) is 136 Å². The first-order chi connectivity index (χ1) is 28.2. The van der Waals surface area contributed by atoms with Gasteiger partial charge in [0.15, 0.2) is 0 Å². The maximum Gasteiger partial charge on any atom is 0.0771 e. The third-order valence-corrected chi connectivity index (χ3v) is 15.7. The van der Waals surface area contributed by atoms with Crippen LogP contribution < -0.4 is 9.80 Å². The maximum atomic E-state index is 2.63. The number of hydrogen-bond donors (Lipinski definition) is 0. The Morgan fingerprint density at radius 2 is 1.17 bits per heavy atom. The summed E-state index contributed by atoms with van der Waals surface area (Å²) in [5, 5.41) is 7.25. The van der Waals surface area contributed by atoms with Crippen LogP contribution in [-0.4, -0.2) is 0 Å². The number of aryl methyl sites for hydroxylation is 2. The van der Waals surface area contributed by atoms with Gasteiger partial charge in [0.1, 0.15) is 0 Å². The quantitative estimate of drug-likeness (QED) is 0.165. The molecule has 58 heavy (non-hydrogen) atoms. The Labute approximate surface area is 353 Å². The van der Waals surface area contributed by atoms with Gasteiger partial charge in [0.25, 0.3) is 0 Å². The average Bonchev–Trinajstić information content (AvgIpc) is 4.03. The Balaban J connectivity index is 1.21. The van der Waals surface area contributed by atoms with Crippen LogP contribution in [0.1, 0.15) is 84.0 Å². The lowest BCUT2D eigenvalue weighted by molar-refractivity contribution is 0.755. The van der Waals surface area contributed by atoms with E-state index in [1.54, 1.807) is 0 Å². The highest BCUT2D eigenvalue weighted by Crippen LogP contribution is 2.67. The summed E-state index contributed by atoms with van der Waals surface area (Å²) in [7, 11) is 0. The zero-order valence-electron chi connectivity index (χ0n) is 33.6. The minimum absolute atomic E-state index is 0.424. The molecule has 4 heterocycles. The molecular formula is C53H44N2S3. The molecule has 0 fully saturated rings. The number of hydrogen-bond acceptors (Lipinski definition) is 5. The number of thiophene rings is 3. The van der Waals surface area contributed by atoms with Crippen LogP contribution in [0.15, 0.2) is 144 Å². The molecule has 6 aromatic carbocycles. The van der Waals surface area contributed by atoms with Crippen molar-refractivity contribution in [3.8, 4) is 9.75 Å². The van der Waals surface area contributed by atoms with Crippen LogP contribution in [0.5, 0.6) is 0 Å². The van der Waals surface area contributed by atoms with E-state index in [-0.39, 0.29) is 0 Å². The number of fused-ring (bicyclic) bond motifs is 13. The van der Waals surface area contributed by atoms with Gasteiger partial charge in [0.2, 0.25) is 0 Å². The van der Waals surface area contributed by atoms with Crippen molar-refractivity contribution in [2.24, 2.45) is 0 Å². The van der Waals surface area contributed by atoms with E-state index in [4.69, 9.17) is 0 Å². The van der Waals surface area contributed by atoms with E-state index in [2.05, 4.69) is 196 Å². The second-order valence-electron chi connectivity index (χ2n) is 16.7. The lowest BCUT2D eigenvalue weighted by Crippen LogP contribution is -2.36. The first-order valence-electron chi connectivity index (χ1n) is 20.4. The summed E-state index contributed by atoms with van der Waals surface area (Å²) in [5.74, 6) is 0.929. The third kappa shape index (κ3) is 5.06. The molecule has 0 amide bonds. The van der Waals surface area contributed by atoms with Gasteiger partial charge in [-0.25, -0.2) is 0 Å². The van der Waals surface area contributed by atoms with Crippen LogP contribution in [0.25, 0.3) is 29.9 Å². The third-order valence-electron chi connectivity index (χ3n) is 12.5. The monoisotopic (exact) mass is 804 g/mol. The molecule has 0 N–H and O–H groups in total. The lowest BCUT2D eigenvalue weighted by atomic mass is 9.64. The zero-order chi connectivity index (χ0) is 39.4. The summed E-state index contributed by atoms with van der Waals surface area (Å²) in [6.07, 6.45) is 0. The molecule has 1 aliphatic heterocycles. The normalized spacial score (nSPS) is 13.8. The van der Waals surface area contributed by atoms with Gasteiger partial charge >= 0.3 is 0 Å². The van der Waals surface area contributed by atoms with E-state index in [0.717, 1.165) is 22.7 Å². The minimum atomic E-state index is -0.424. The van der Waals surface area contributed by atoms with Crippen LogP contribution in [0.2, 0.25) is 0 Å². The molecule has 3 aromatic heterocycles. The molecule has 0 bridgehead atoms. The van der Waals surface area contributed by atoms with Gasteiger partial charge in [-0.15, -0.1) is 34.0 Å². The highest BCUT2D eigenvalue weighted by molar-refractivity contribution is 7.26. The molecule has 0 unspecified atom stereocenters. The number of nitrogens with zero attached hydrogens (tertiary/aromatic N) is 2. The Morgan fingerprint density at radius 1 is 0.534 bits per heavy atom. The zero-order valence-corrected chi connectivity index (χ0v) is 36.1. The standard InChI is InChI=1S/C53H44N2S3/c1-31(2)35-14-18-37(19-15-35)54(38-20-16-36(17-21-38)32(3)4)39-10-9-11-40(30-39)55-48-34(6)28-33(5)29-46(48)53(44-24-26-56-51(44)52-45(53)25-27-57-52)43-23-22-42-41-12-7-8-13-47(41)58-50(42)49(43)55/h7-32H,1-6H3. The summed E-state index contributed by atoms with van der Waals surface area (Å²) in [4.78, 5) is 7.88. The van der Waals surface area contributed by atoms with Crippen LogP contribution in [0.4, 0.5) is 34.1 Å². The van der Waals surface area contributed by atoms with Crippen LogP contribution in [-0.2, 0) is 5.41 Å². The number of rotatable bonds is 6. The van der Waals surface area contributed by atoms with Crippen molar-refractivity contribution in [2.75, 3.05) is 9.80 Å². The number of benzene rings is 6. The minimum Gasteiger partial charge on any atom is -0.310 e. The second kappa shape index (κ2) is 13.3. The fourth-order valence-electron chi connectivity index (χ4n) is 9.88. The molecule has 2 nitrogen and oxygen atoms in total. The first kappa shape index (κ1) is 35.7. The van der Waals surface area contributed by atoms with E-state index < -0.39 is 5.41 Å². The molecule has 0 saturated carbocycles. The Hall–Kier alpha value is -5.46. The maximum absolute atomic E-state index is 2.63. The van der Waals surface area contributed by atoms with Crippen molar-refractivity contribution in [1.29, 1.82) is 0 Å². The van der Waals surface area contributed by atoms with Crippen molar-refractivity contribution in [3.05, 3.63) is 189 Å². The van der Waals surface area contributed by atoms with Gasteiger partial charge in [0, 0.05) is 48.0 Å². The molecular weight excluding hydrogens is 761 g/mol. The fraction of sp³-hybridized carbons (Fsp3) is 0.170. The van der Waals surface area contributed by atoms with Gasteiger partial charge in [-0.2, -0.15) is 0 Å². The molecule has 2 aliphatic rings. The topological polar surface area (TPSA) is 6.48 Å². The Morgan fingerprint density at radius 3 is 1.81 bits per heavy atom. The van der Waals surface area contributed by atoms with Gasteiger partial charge in [-0.3, -0.25) is 0 Å². The van der Waals surface area contributed by atoms with Gasteiger partial charge < -0.3 is 9.80 Å². The first-order valence-corrected chi connectivity index (χ1v) is 22.9. The average molecular weight is 805 g/mol. The summed E-state index contributed by atoms with van der Waals surface area (Å²) in [5.41, 5.74) is 17.6. The SMILES string of the molecule is Cc1cc(C)c2c(c1)C1(c3ccsc3-c3sccc31)c1ccc3c(sc4ccccc43)c1N2c1cccc(N(c2ccc(C(C)C)cc2)c2ccc(C(C)C)cc2)c1. The lowest BCUT2D eigenvalue weighted by Gasteiger charge is -2.45. The van der Waals surface area contributed by atoms with Crippen molar-refractivity contribution >= 4 is 88.3 Å². The van der Waals surface area contributed by atoms with Gasteiger partial charge in [-0.1, -0.05) is 106 Å². The second-order valence-corrected chi connectivity index (χ2v) is 19.6.